The average Bonchev–Trinajstić information content (AvgIpc) is 2.97. The van der Waals surface area contributed by atoms with Crippen LogP contribution in [0, 0.1) is 0 Å². The van der Waals surface area contributed by atoms with E-state index in [4.69, 9.17) is 4.74 Å². The Morgan fingerprint density at radius 2 is 2.26 bits per heavy atom. The quantitative estimate of drug-likeness (QED) is 0.935. The summed E-state index contributed by atoms with van der Waals surface area (Å²) < 4.78 is 5.33. The summed E-state index contributed by atoms with van der Waals surface area (Å²) in [5.74, 6) is -0.466. The van der Waals surface area contributed by atoms with Gasteiger partial charge in [0.15, 0.2) is 0 Å². The van der Waals surface area contributed by atoms with Gasteiger partial charge in [0.05, 0.1) is 18.4 Å². The van der Waals surface area contributed by atoms with Crippen molar-refractivity contribution in [2.75, 3.05) is 7.11 Å². The molecule has 2 aromatic rings. The molecule has 0 radical (unpaired) electrons. The highest BCUT2D eigenvalue weighted by atomic mass is 32.1. The number of thiazole rings is 1. The van der Waals surface area contributed by atoms with Crippen LogP contribution in [0.4, 0.5) is 0 Å². The van der Waals surface area contributed by atoms with E-state index in [9.17, 15) is 9.90 Å². The van der Waals surface area contributed by atoms with Gasteiger partial charge in [0.1, 0.15) is 16.7 Å². The average molecular weight is 275 g/mol. The van der Waals surface area contributed by atoms with E-state index in [0.29, 0.717) is 6.42 Å². The van der Waals surface area contributed by atoms with Crippen LogP contribution in [-0.2, 0) is 11.2 Å². The SMILES string of the molecule is COc1ccccc1-c1nc2c(s1)CCC2C(=O)O. The second-order valence-corrected chi connectivity index (χ2v) is 5.54. The molecule has 0 saturated carbocycles. The maximum Gasteiger partial charge on any atom is 0.312 e. The Morgan fingerprint density at radius 3 is 3.00 bits per heavy atom. The van der Waals surface area contributed by atoms with Gasteiger partial charge >= 0.3 is 5.97 Å². The molecular weight excluding hydrogens is 262 g/mol. The molecule has 0 spiro atoms. The fourth-order valence-corrected chi connectivity index (χ4v) is 3.57. The molecule has 4 nitrogen and oxygen atoms in total. The minimum Gasteiger partial charge on any atom is -0.496 e. The topological polar surface area (TPSA) is 59.4 Å². The summed E-state index contributed by atoms with van der Waals surface area (Å²) in [6.07, 6.45) is 1.47. The lowest BCUT2D eigenvalue weighted by molar-refractivity contribution is -0.138. The van der Waals surface area contributed by atoms with Crippen LogP contribution in [0.15, 0.2) is 24.3 Å². The van der Waals surface area contributed by atoms with E-state index < -0.39 is 11.9 Å². The molecule has 0 aliphatic heterocycles. The van der Waals surface area contributed by atoms with Gasteiger partial charge in [-0.05, 0) is 25.0 Å². The third-order valence-corrected chi connectivity index (χ3v) is 4.52. The normalized spacial score (nSPS) is 17.2. The van der Waals surface area contributed by atoms with Crippen molar-refractivity contribution in [1.29, 1.82) is 0 Å². The molecule has 1 aliphatic rings. The fraction of sp³-hybridized carbons (Fsp3) is 0.286. The van der Waals surface area contributed by atoms with E-state index in [-0.39, 0.29) is 0 Å². The summed E-state index contributed by atoms with van der Waals surface area (Å²) in [6, 6.07) is 7.67. The van der Waals surface area contributed by atoms with Crippen LogP contribution in [0.1, 0.15) is 22.9 Å². The lowest BCUT2D eigenvalue weighted by Crippen LogP contribution is -2.08. The summed E-state index contributed by atoms with van der Waals surface area (Å²) in [7, 11) is 1.63. The van der Waals surface area contributed by atoms with E-state index in [1.807, 2.05) is 24.3 Å². The number of hydrogen-bond acceptors (Lipinski definition) is 4. The zero-order valence-electron chi connectivity index (χ0n) is 10.4. The number of methoxy groups -OCH3 is 1. The molecule has 5 heteroatoms. The lowest BCUT2D eigenvalue weighted by Gasteiger charge is -2.05. The second-order valence-electron chi connectivity index (χ2n) is 4.46. The number of hydrogen-bond donors (Lipinski definition) is 1. The van der Waals surface area contributed by atoms with Crippen molar-refractivity contribution in [2.24, 2.45) is 0 Å². The molecule has 3 rings (SSSR count). The van der Waals surface area contributed by atoms with Gasteiger partial charge in [-0.3, -0.25) is 4.79 Å². The molecule has 1 aromatic carbocycles. The van der Waals surface area contributed by atoms with E-state index in [0.717, 1.165) is 33.3 Å². The zero-order chi connectivity index (χ0) is 13.4. The van der Waals surface area contributed by atoms with Crippen LogP contribution in [0.5, 0.6) is 5.75 Å². The number of nitrogens with zero attached hydrogens (tertiary/aromatic N) is 1. The molecule has 1 N–H and O–H groups in total. The molecular formula is C14H13NO3S. The number of benzene rings is 1. The largest absolute Gasteiger partial charge is 0.496 e. The predicted octanol–water partition coefficient (Wildman–Crippen LogP) is 2.93. The highest BCUT2D eigenvalue weighted by Gasteiger charge is 2.32. The first kappa shape index (κ1) is 12.2. The number of aromatic nitrogens is 1. The second kappa shape index (κ2) is 4.66. The van der Waals surface area contributed by atoms with Gasteiger partial charge < -0.3 is 9.84 Å². The van der Waals surface area contributed by atoms with E-state index in [1.54, 1.807) is 18.4 Å². The van der Waals surface area contributed by atoms with Crippen molar-refractivity contribution in [3.63, 3.8) is 0 Å². The van der Waals surface area contributed by atoms with Crippen LogP contribution < -0.4 is 4.74 Å². The Bertz CT molecular complexity index is 635. The van der Waals surface area contributed by atoms with Gasteiger partial charge in [0.2, 0.25) is 0 Å². The molecule has 19 heavy (non-hydrogen) atoms. The number of rotatable bonds is 3. The maximum atomic E-state index is 11.2. The summed E-state index contributed by atoms with van der Waals surface area (Å²) >= 11 is 1.57. The molecule has 1 aromatic heterocycles. The monoisotopic (exact) mass is 275 g/mol. The molecule has 1 unspecified atom stereocenters. The molecule has 0 amide bonds. The van der Waals surface area contributed by atoms with Crippen molar-refractivity contribution in [3.05, 3.63) is 34.8 Å². The summed E-state index contributed by atoms with van der Waals surface area (Å²) in [5.41, 5.74) is 1.66. The number of para-hydroxylation sites is 1. The number of carbonyl (C=O) groups is 1. The first-order valence-electron chi connectivity index (χ1n) is 6.06. The van der Waals surface area contributed by atoms with Crippen LogP contribution in [0.3, 0.4) is 0 Å². The Morgan fingerprint density at radius 1 is 1.47 bits per heavy atom. The predicted molar refractivity (Wildman–Crippen MR) is 72.8 cm³/mol. The van der Waals surface area contributed by atoms with Crippen LogP contribution in [0.25, 0.3) is 10.6 Å². The van der Waals surface area contributed by atoms with Gasteiger partial charge in [0, 0.05) is 4.88 Å². The zero-order valence-corrected chi connectivity index (χ0v) is 11.2. The van der Waals surface area contributed by atoms with Gasteiger partial charge in [-0.2, -0.15) is 0 Å². The highest BCUT2D eigenvalue weighted by Crippen LogP contribution is 2.41. The van der Waals surface area contributed by atoms with E-state index >= 15 is 0 Å². The van der Waals surface area contributed by atoms with Crippen LogP contribution in [0.2, 0.25) is 0 Å². The van der Waals surface area contributed by atoms with Gasteiger partial charge in [-0.15, -0.1) is 11.3 Å². The summed E-state index contributed by atoms with van der Waals surface area (Å²) in [6.45, 7) is 0. The first-order chi connectivity index (χ1) is 9.20. The molecule has 1 aliphatic carbocycles. The van der Waals surface area contributed by atoms with Gasteiger partial charge in [0.25, 0.3) is 0 Å². The third-order valence-electron chi connectivity index (χ3n) is 3.35. The Labute approximate surface area is 114 Å². The van der Waals surface area contributed by atoms with Gasteiger partial charge in [-0.1, -0.05) is 12.1 Å². The van der Waals surface area contributed by atoms with Crippen molar-refractivity contribution < 1.29 is 14.6 Å². The van der Waals surface area contributed by atoms with Crippen molar-refractivity contribution in [3.8, 4) is 16.3 Å². The molecule has 0 bridgehead atoms. The molecule has 1 atom stereocenters. The van der Waals surface area contributed by atoms with E-state index in [1.165, 1.54) is 0 Å². The summed E-state index contributed by atoms with van der Waals surface area (Å²) in [4.78, 5) is 16.8. The van der Waals surface area contributed by atoms with Crippen molar-refractivity contribution in [2.45, 2.75) is 18.8 Å². The number of carboxylic acid groups (broad SMARTS) is 1. The molecule has 98 valence electrons. The Hall–Kier alpha value is -1.88. The first-order valence-corrected chi connectivity index (χ1v) is 6.88. The minimum absolute atomic E-state index is 0.449. The van der Waals surface area contributed by atoms with Gasteiger partial charge in [-0.25, -0.2) is 4.98 Å². The number of aliphatic carboxylic acids is 1. The van der Waals surface area contributed by atoms with Crippen LogP contribution >= 0.6 is 11.3 Å². The van der Waals surface area contributed by atoms with Crippen molar-refractivity contribution in [1.82, 2.24) is 4.98 Å². The number of carboxylic acids is 1. The maximum absolute atomic E-state index is 11.2. The Balaban J connectivity index is 2.05. The smallest absolute Gasteiger partial charge is 0.312 e. The minimum atomic E-state index is -0.782. The molecule has 0 saturated heterocycles. The highest BCUT2D eigenvalue weighted by molar-refractivity contribution is 7.15. The number of fused-ring (bicyclic) bond motifs is 1. The van der Waals surface area contributed by atoms with Crippen LogP contribution in [-0.4, -0.2) is 23.2 Å². The Kier molecular flexibility index (Phi) is 2.98. The van der Waals surface area contributed by atoms with Crippen molar-refractivity contribution >= 4 is 17.3 Å². The standard InChI is InChI=1S/C14H13NO3S/c1-18-10-5-3-2-4-8(10)13-15-12-9(14(16)17)6-7-11(12)19-13/h2-5,9H,6-7H2,1H3,(H,16,17). The lowest BCUT2D eigenvalue weighted by atomic mass is 10.1. The molecule has 0 fully saturated rings. The van der Waals surface area contributed by atoms with E-state index in [2.05, 4.69) is 4.98 Å². The summed E-state index contributed by atoms with van der Waals surface area (Å²) in [5, 5.41) is 10.0. The number of aryl methyl sites for hydroxylation is 1. The fourth-order valence-electron chi connectivity index (χ4n) is 2.40. The third kappa shape index (κ3) is 2.00. The number of ether oxygens (including phenoxy) is 1. The molecule has 1 heterocycles.